The molecule has 0 fully saturated rings. The standard InChI is InChI=1S/C19H25N5O4/c1-10-8-13-14(9-11(10)2)24(7-5-3-4-6-12(20)18(26)27)16-15(21-13)17(25)23-19(28)22-16/h8-9,12,18,26-27H,3-7,20H2,1-2H3,(H,23,25,28). The number of nitrogens with two attached hydrogens (primary N) is 1. The van der Waals surface area contributed by atoms with Gasteiger partial charge in [0.25, 0.3) is 5.56 Å². The molecule has 150 valence electrons. The SMILES string of the molecule is Cc1cc2nc3c(=O)[nH]c(=O)nc-3n(CCCCCC(N)C(O)O)c2cc1C. The number of unbranched alkanes of at least 4 members (excludes halogenated alkanes) is 2. The van der Waals surface area contributed by atoms with Crippen LogP contribution in [0.1, 0.15) is 36.8 Å². The summed E-state index contributed by atoms with van der Waals surface area (Å²) < 4.78 is 1.86. The minimum Gasteiger partial charge on any atom is -0.367 e. The first kappa shape index (κ1) is 20.1. The predicted octanol–water partition coefficient (Wildman–Crippen LogP) is 0.400. The number of hydrogen-bond acceptors (Lipinski definition) is 7. The fourth-order valence-corrected chi connectivity index (χ4v) is 3.25. The highest BCUT2D eigenvalue weighted by atomic mass is 16.5. The molecule has 2 aliphatic rings. The Hall–Kier alpha value is -2.62. The number of nitrogens with zero attached hydrogens (tertiary/aromatic N) is 3. The molecule has 1 unspecified atom stereocenters. The maximum atomic E-state index is 12.2. The van der Waals surface area contributed by atoms with E-state index in [4.69, 9.17) is 15.9 Å². The van der Waals surface area contributed by atoms with Gasteiger partial charge in [-0.25, -0.2) is 9.78 Å². The van der Waals surface area contributed by atoms with Crippen LogP contribution in [0.4, 0.5) is 0 Å². The fourth-order valence-electron chi connectivity index (χ4n) is 3.25. The Balaban J connectivity index is 1.95. The molecule has 0 spiro atoms. The number of nitrogens with one attached hydrogen (secondary N) is 1. The number of aromatic amines is 1. The first-order chi connectivity index (χ1) is 13.3. The Kier molecular flexibility index (Phi) is 5.87. The van der Waals surface area contributed by atoms with Crippen LogP contribution in [0.5, 0.6) is 0 Å². The van der Waals surface area contributed by atoms with Crippen molar-refractivity contribution in [1.29, 1.82) is 0 Å². The first-order valence-corrected chi connectivity index (χ1v) is 9.31. The summed E-state index contributed by atoms with van der Waals surface area (Å²) in [5.74, 6) is 0.270. The molecule has 0 aliphatic carbocycles. The van der Waals surface area contributed by atoms with E-state index in [9.17, 15) is 9.59 Å². The third-order valence-electron chi connectivity index (χ3n) is 5.03. The molecule has 1 atom stereocenters. The number of aliphatic hydroxyl groups excluding tert-OH is 1. The zero-order chi connectivity index (χ0) is 20.4. The average molecular weight is 387 g/mol. The second kappa shape index (κ2) is 8.17. The monoisotopic (exact) mass is 387 g/mol. The summed E-state index contributed by atoms with van der Waals surface area (Å²) in [5, 5.41) is 18.1. The van der Waals surface area contributed by atoms with Crippen LogP contribution in [0.3, 0.4) is 0 Å². The molecule has 1 aromatic rings. The molecule has 9 heteroatoms. The number of H-pyrrole nitrogens is 1. The molecule has 0 amide bonds. The van der Waals surface area contributed by atoms with Gasteiger partial charge in [-0.3, -0.25) is 9.78 Å². The number of aryl methyl sites for hydroxylation is 3. The molecule has 9 nitrogen and oxygen atoms in total. The number of hydrogen-bond donors (Lipinski definition) is 4. The zero-order valence-electron chi connectivity index (χ0n) is 16.0. The van der Waals surface area contributed by atoms with Gasteiger partial charge in [0, 0.05) is 6.54 Å². The molecule has 5 N–H and O–H groups in total. The number of benzene rings is 1. The summed E-state index contributed by atoms with van der Waals surface area (Å²) in [4.78, 5) is 34.6. The topological polar surface area (TPSA) is 147 Å². The maximum Gasteiger partial charge on any atom is 0.349 e. The molecule has 2 heterocycles. The molecule has 3 rings (SSSR count). The summed E-state index contributed by atoms with van der Waals surface area (Å²) in [5.41, 5.74) is 8.15. The quantitative estimate of drug-likeness (QED) is 0.261. The molecule has 0 saturated heterocycles. The zero-order valence-corrected chi connectivity index (χ0v) is 16.0. The molecular weight excluding hydrogens is 362 g/mol. The van der Waals surface area contributed by atoms with Crippen LogP contribution in [-0.2, 0) is 6.54 Å². The molecular formula is C19H25N5O4. The Morgan fingerprint density at radius 1 is 1.11 bits per heavy atom. The summed E-state index contributed by atoms with van der Waals surface area (Å²) in [6.07, 6.45) is 1.28. The summed E-state index contributed by atoms with van der Waals surface area (Å²) in [7, 11) is 0. The molecule has 28 heavy (non-hydrogen) atoms. The second-order valence-electron chi connectivity index (χ2n) is 7.16. The number of aromatic nitrogens is 4. The van der Waals surface area contributed by atoms with Crippen LogP contribution in [-0.4, -0.2) is 42.1 Å². The van der Waals surface area contributed by atoms with Gasteiger partial charge in [0.2, 0.25) is 0 Å². The molecule has 2 aliphatic heterocycles. The maximum absolute atomic E-state index is 12.2. The third kappa shape index (κ3) is 4.11. The van der Waals surface area contributed by atoms with Crippen molar-refractivity contribution in [2.45, 2.75) is 58.4 Å². The normalized spacial score (nSPS) is 12.9. The van der Waals surface area contributed by atoms with E-state index in [2.05, 4.69) is 15.0 Å². The van der Waals surface area contributed by atoms with Gasteiger partial charge < -0.3 is 20.5 Å². The lowest BCUT2D eigenvalue weighted by Crippen LogP contribution is -2.34. The van der Waals surface area contributed by atoms with Crippen LogP contribution >= 0.6 is 0 Å². The van der Waals surface area contributed by atoms with Crippen molar-refractivity contribution < 1.29 is 10.2 Å². The van der Waals surface area contributed by atoms with Gasteiger partial charge in [-0.1, -0.05) is 12.8 Å². The predicted molar refractivity (Wildman–Crippen MR) is 105 cm³/mol. The summed E-state index contributed by atoms with van der Waals surface area (Å²) in [6, 6.07) is 3.25. The van der Waals surface area contributed by atoms with Gasteiger partial charge in [0.1, 0.15) is 0 Å². The van der Waals surface area contributed by atoms with Gasteiger partial charge in [0.15, 0.2) is 17.8 Å². The molecule has 0 saturated carbocycles. The van der Waals surface area contributed by atoms with E-state index in [0.717, 1.165) is 35.9 Å². The van der Waals surface area contributed by atoms with E-state index in [1.165, 1.54) is 0 Å². The van der Waals surface area contributed by atoms with Gasteiger partial charge in [-0.2, -0.15) is 4.98 Å². The van der Waals surface area contributed by atoms with Crippen LogP contribution in [0.15, 0.2) is 21.7 Å². The van der Waals surface area contributed by atoms with Crippen molar-refractivity contribution >= 4 is 11.0 Å². The van der Waals surface area contributed by atoms with Crippen molar-refractivity contribution in [3.8, 4) is 11.5 Å². The Morgan fingerprint density at radius 2 is 1.82 bits per heavy atom. The molecule has 0 aromatic heterocycles. The van der Waals surface area contributed by atoms with Crippen LogP contribution < -0.4 is 17.0 Å². The van der Waals surface area contributed by atoms with Gasteiger partial charge in [-0.05, 0) is 49.9 Å². The fraction of sp³-hybridized carbons (Fsp3) is 0.474. The number of rotatable bonds is 7. The van der Waals surface area contributed by atoms with Crippen molar-refractivity contribution in [3.05, 3.63) is 44.1 Å². The third-order valence-corrected chi connectivity index (χ3v) is 5.03. The van der Waals surface area contributed by atoms with E-state index in [1.807, 2.05) is 30.5 Å². The molecule has 1 aromatic carbocycles. The van der Waals surface area contributed by atoms with Crippen molar-refractivity contribution in [3.63, 3.8) is 0 Å². The lowest BCUT2D eigenvalue weighted by Gasteiger charge is -2.18. The number of aliphatic hydroxyl groups is 2. The molecule has 0 bridgehead atoms. The van der Waals surface area contributed by atoms with Gasteiger partial charge >= 0.3 is 5.69 Å². The molecule has 0 radical (unpaired) electrons. The van der Waals surface area contributed by atoms with Crippen molar-refractivity contribution in [1.82, 2.24) is 19.5 Å². The minimum absolute atomic E-state index is 0.140. The van der Waals surface area contributed by atoms with E-state index < -0.39 is 23.6 Å². The highest BCUT2D eigenvalue weighted by molar-refractivity contribution is 5.81. The lowest BCUT2D eigenvalue weighted by molar-refractivity contribution is -0.0599. The summed E-state index contributed by atoms with van der Waals surface area (Å²) >= 11 is 0. The van der Waals surface area contributed by atoms with E-state index >= 15 is 0 Å². The Bertz CT molecular complexity index is 1070. The minimum atomic E-state index is -1.51. The Morgan fingerprint density at radius 3 is 2.54 bits per heavy atom. The van der Waals surface area contributed by atoms with Crippen LogP contribution in [0, 0.1) is 13.8 Å². The highest BCUT2D eigenvalue weighted by Crippen LogP contribution is 2.24. The second-order valence-corrected chi connectivity index (χ2v) is 7.16. The highest BCUT2D eigenvalue weighted by Gasteiger charge is 2.19. The van der Waals surface area contributed by atoms with Gasteiger partial charge in [-0.15, -0.1) is 0 Å². The van der Waals surface area contributed by atoms with Crippen LogP contribution in [0.25, 0.3) is 22.6 Å². The van der Waals surface area contributed by atoms with Crippen molar-refractivity contribution in [2.24, 2.45) is 5.73 Å². The van der Waals surface area contributed by atoms with Crippen LogP contribution in [0.2, 0.25) is 0 Å². The van der Waals surface area contributed by atoms with E-state index in [0.29, 0.717) is 18.5 Å². The Labute approximate surface area is 161 Å². The largest absolute Gasteiger partial charge is 0.367 e. The first-order valence-electron chi connectivity index (χ1n) is 9.31. The lowest BCUT2D eigenvalue weighted by atomic mass is 10.1. The van der Waals surface area contributed by atoms with E-state index in [-0.39, 0.29) is 11.5 Å². The smallest absolute Gasteiger partial charge is 0.349 e. The average Bonchev–Trinajstić information content (AvgIpc) is 2.62. The van der Waals surface area contributed by atoms with Gasteiger partial charge in [0.05, 0.1) is 17.1 Å². The van der Waals surface area contributed by atoms with Crippen molar-refractivity contribution in [2.75, 3.05) is 0 Å². The summed E-state index contributed by atoms with van der Waals surface area (Å²) in [6.45, 7) is 4.52. The van der Waals surface area contributed by atoms with E-state index in [1.54, 1.807) is 0 Å². The number of fused-ring (bicyclic) bond motifs is 2.